The van der Waals surface area contributed by atoms with Crippen LogP contribution in [0.5, 0.6) is 0 Å². The molecule has 0 aliphatic carbocycles. The minimum atomic E-state index is -3.14. The van der Waals surface area contributed by atoms with Crippen molar-refractivity contribution in [2.75, 3.05) is 18.9 Å². The summed E-state index contributed by atoms with van der Waals surface area (Å²) in [4.78, 5) is 0. The molecule has 15 heavy (non-hydrogen) atoms. The standard InChI is InChI=1S/C10H21NO3S/c1-2-8-15(13,14)11-7-5-3-4-6-10(11)9-12/h10,12H,2-9H2,1H3. The molecule has 1 unspecified atom stereocenters. The quantitative estimate of drug-likeness (QED) is 0.789. The number of nitrogens with zero attached hydrogens (tertiary/aromatic N) is 1. The molecule has 0 spiro atoms. The lowest BCUT2D eigenvalue weighted by atomic mass is 10.1. The predicted molar refractivity (Wildman–Crippen MR) is 60.1 cm³/mol. The molecule has 1 fully saturated rings. The van der Waals surface area contributed by atoms with Gasteiger partial charge in [0.05, 0.1) is 12.4 Å². The topological polar surface area (TPSA) is 57.6 Å². The lowest BCUT2D eigenvalue weighted by Crippen LogP contribution is -2.43. The maximum Gasteiger partial charge on any atom is 0.214 e. The molecule has 1 rings (SSSR count). The van der Waals surface area contributed by atoms with Crippen molar-refractivity contribution < 1.29 is 13.5 Å². The monoisotopic (exact) mass is 235 g/mol. The van der Waals surface area contributed by atoms with Crippen molar-refractivity contribution >= 4 is 10.0 Å². The van der Waals surface area contributed by atoms with Crippen LogP contribution in [-0.2, 0) is 10.0 Å². The number of rotatable bonds is 4. The highest BCUT2D eigenvalue weighted by molar-refractivity contribution is 7.89. The molecule has 0 aromatic carbocycles. The number of hydrogen-bond donors (Lipinski definition) is 1. The van der Waals surface area contributed by atoms with Gasteiger partial charge in [-0.25, -0.2) is 8.42 Å². The van der Waals surface area contributed by atoms with Gasteiger partial charge in [0.1, 0.15) is 0 Å². The Bertz CT molecular complexity index is 276. The second-order valence-corrected chi connectivity index (χ2v) is 6.15. The van der Waals surface area contributed by atoms with Crippen LogP contribution < -0.4 is 0 Å². The summed E-state index contributed by atoms with van der Waals surface area (Å²) >= 11 is 0. The maximum atomic E-state index is 11.9. The van der Waals surface area contributed by atoms with Crippen LogP contribution in [0.4, 0.5) is 0 Å². The van der Waals surface area contributed by atoms with E-state index in [1.807, 2.05) is 6.92 Å². The first-order valence-corrected chi connectivity index (χ1v) is 7.33. The fourth-order valence-corrected chi connectivity index (χ4v) is 3.86. The first-order chi connectivity index (χ1) is 7.11. The third-order valence-electron chi connectivity index (χ3n) is 2.85. The summed E-state index contributed by atoms with van der Waals surface area (Å²) in [5, 5.41) is 9.21. The van der Waals surface area contributed by atoms with Crippen molar-refractivity contribution in [3.63, 3.8) is 0 Å². The van der Waals surface area contributed by atoms with E-state index >= 15 is 0 Å². The molecule has 4 nitrogen and oxygen atoms in total. The summed E-state index contributed by atoms with van der Waals surface area (Å²) in [5.41, 5.74) is 0. The Kier molecular flexibility index (Phi) is 5.02. The smallest absolute Gasteiger partial charge is 0.214 e. The fraction of sp³-hybridized carbons (Fsp3) is 1.00. The molecule has 0 aromatic rings. The van der Waals surface area contributed by atoms with E-state index in [0.29, 0.717) is 13.0 Å². The van der Waals surface area contributed by atoms with E-state index in [1.165, 1.54) is 4.31 Å². The lowest BCUT2D eigenvalue weighted by Gasteiger charge is -2.27. The highest BCUT2D eigenvalue weighted by Crippen LogP contribution is 2.20. The van der Waals surface area contributed by atoms with Crippen LogP contribution in [0.25, 0.3) is 0 Å². The van der Waals surface area contributed by atoms with Gasteiger partial charge in [0.25, 0.3) is 0 Å². The minimum absolute atomic E-state index is 0.0526. The molecular weight excluding hydrogens is 214 g/mol. The SMILES string of the molecule is CCCS(=O)(=O)N1CCCCCC1CO. The summed E-state index contributed by atoms with van der Waals surface area (Å²) in [7, 11) is -3.14. The molecule has 1 heterocycles. The zero-order valence-corrected chi connectivity index (χ0v) is 10.2. The molecule has 90 valence electrons. The molecule has 1 saturated heterocycles. The van der Waals surface area contributed by atoms with Gasteiger partial charge in [0.15, 0.2) is 0 Å². The van der Waals surface area contributed by atoms with Crippen LogP contribution in [0.15, 0.2) is 0 Å². The van der Waals surface area contributed by atoms with Crippen LogP contribution >= 0.6 is 0 Å². The van der Waals surface area contributed by atoms with E-state index in [0.717, 1.165) is 25.7 Å². The van der Waals surface area contributed by atoms with E-state index in [-0.39, 0.29) is 18.4 Å². The largest absolute Gasteiger partial charge is 0.395 e. The van der Waals surface area contributed by atoms with E-state index in [1.54, 1.807) is 0 Å². The molecule has 1 N–H and O–H groups in total. The Morgan fingerprint density at radius 1 is 1.33 bits per heavy atom. The van der Waals surface area contributed by atoms with Crippen molar-refractivity contribution in [3.8, 4) is 0 Å². The van der Waals surface area contributed by atoms with Gasteiger partial charge in [-0.05, 0) is 19.3 Å². The van der Waals surface area contributed by atoms with Gasteiger partial charge in [-0.3, -0.25) is 0 Å². The van der Waals surface area contributed by atoms with Crippen molar-refractivity contribution in [2.45, 2.75) is 45.1 Å². The van der Waals surface area contributed by atoms with E-state index in [4.69, 9.17) is 0 Å². The van der Waals surface area contributed by atoms with Gasteiger partial charge in [-0.1, -0.05) is 19.8 Å². The first kappa shape index (κ1) is 12.9. The number of aliphatic hydroxyl groups excluding tert-OH is 1. The van der Waals surface area contributed by atoms with Gasteiger partial charge < -0.3 is 5.11 Å². The maximum absolute atomic E-state index is 11.9. The summed E-state index contributed by atoms with van der Waals surface area (Å²) < 4.78 is 25.4. The van der Waals surface area contributed by atoms with Crippen LogP contribution in [-0.4, -0.2) is 42.8 Å². The fourth-order valence-electron chi connectivity index (χ4n) is 2.07. The van der Waals surface area contributed by atoms with Crippen molar-refractivity contribution in [2.24, 2.45) is 0 Å². The minimum Gasteiger partial charge on any atom is -0.395 e. The summed E-state index contributed by atoms with van der Waals surface area (Å²) in [6, 6.07) is -0.191. The van der Waals surface area contributed by atoms with Crippen LogP contribution in [0.1, 0.15) is 39.0 Å². The zero-order chi connectivity index (χ0) is 11.3. The Labute approximate surface area is 92.3 Å². The molecular formula is C10H21NO3S. The summed E-state index contributed by atoms with van der Waals surface area (Å²) in [5.74, 6) is 0.198. The van der Waals surface area contributed by atoms with E-state index in [2.05, 4.69) is 0 Å². The molecule has 0 bridgehead atoms. The molecule has 1 aliphatic rings. The third-order valence-corrected chi connectivity index (χ3v) is 4.97. The second-order valence-electron chi connectivity index (χ2n) is 4.11. The number of hydrogen-bond acceptors (Lipinski definition) is 3. The first-order valence-electron chi connectivity index (χ1n) is 5.72. The Morgan fingerprint density at radius 2 is 2.07 bits per heavy atom. The third kappa shape index (κ3) is 3.43. The van der Waals surface area contributed by atoms with Gasteiger partial charge in [-0.15, -0.1) is 0 Å². The Hall–Kier alpha value is -0.130. The molecule has 5 heteroatoms. The van der Waals surface area contributed by atoms with Crippen molar-refractivity contribution in [3.05, 3.63) is 0 Å². The molecule has 1 aliphatic heterocycles. The predicted octanol–water partition coefficient (Wildman–Crippen LogP) is 0.963. The molecule has 0 saturated carbocycles. The summed E-state index contributed by atoms with van der Waals surface area (Å²) in [6.07, 6.45) is 4.42. The highest BCUT2D eigenvalue weighted by atomic mass is 32.2. The van der Waals surface area contributed by atoms with Gasteiger partial charge in [0, 0.05) is 12.6 Å². The number of aliphatic hydroxyl groups is 1. The van der Waals surface area contributed by atoms with Crippen molar-refractivity contribution in [1.29, 1.82) is 0 Å². The normalized spacial score (nSPS) is 25.1. The van der Waals surface area contributed by atoms with E-state index in [9.17, 15) is 13.5 Å². The summed E-state index contributed by atoms with van der Waals surface area (Å²) in [6.45, 7) is 2.39. The number of sulfonamides is 1. The average molecular weight is 235 g/mol. The molecule has 0 radical (unpaired) electrons. The van der Waals surface area contributed by atoms with Gasteiger partial charge in [-0.2, -0.15) is 4.31 Å². The van der Waals surface area contributed by atoms with Crippen LogP contribution in [0, 0.1) is 0 Å². The van der Waals surface area contributed by atoms with Gasteiger partial charge >= 0.3 is 0 Å². The molecule has 0 aromatic heterocycles. The molecule has 1 atom stereocenters. The highest BCUT2D eigenvalue weighted by Gasteiger charge is 2.29. The van der Waals surface area contributed by atoms with E-state index < -0.39 is 10.0 Å². The Morgan fingerprint density at radius 3 is 2.67 bits per heavy atom. The second kappa shape index (κ2) is 5.82. The Balaban J connectivity index is 2.78. The van der Waals surface area contributed by atoms with Gasteiger partial charge in [0.2, 0.25) is 10.0 Å². The van der Waals surface area contributed by atoms with Crippen molar-refractivity contribution in [1.82, 2.24) is 4.31 Å². The lowest BCUT2D eigenvalue weighted by molar-refractivity contribution is 0.186. The zero-order valence-electron chi connectivity index (χ0n) is 9.35. The average Bonchev–Trinajstić information content (AvgIpc) is 2.42. The molecule has 0 amide bonds. The van der Waals surface area contributed by atoms with Crippen LogP contribution in [0.3, 0.4) is 0 Å². The van der Waals surface area contributed by atoms with Crippen LogP contribution in [0.2, 0.25) is 0 Å².